The largest absolute Gasteiger partial charge is 0.493 e. The number of carbonyl (C=O) groups excluding carboxylic acids is 1. The van der Waals surface area contributed by atoms with Crippen LogP contribution in [0.25, 0.3) is 11.0 Å². The first-order valence-corrected chi connectivity index (χ1v) is 13.0. The SMILES string of the molecule is CCn1c(C)nc2cc(C(=O)NN=Cc3ccc(OS(=O)(=O)c4cc(C)ccc4C)c(OC)c3)ccc21. The van der Waals surface area contributed by atoms with Crippen molar-refractivity contribution in [1.29, 1.82) is 0 Å². The lowest BCUT2D eigenvalue weighted by Crippen LogP contribution is -2.17. The van der Waals surface area contributed by atoms with Crippen molar-refractivity contribution in [3.05, 3.63) is 82.7 Å². The van der Waals surface area contributed by atoms with E-state index >= 15 is 0 Å². The number of benzene rings is 3. The predicted molar refractivity (Wildman–Crippen MR) is 142 cm³/mol. The van der Waals surface area contributed by atoms with Gasteiger partial charge in [-0.2, -0.15) is 13.5 Å². The molecular formula is C27H28N4O5S. The first kappa shape index (κ1) is 25.9. The Morgan fingerprint density at radius 2 is 1.84 bits per heavy atom. The fourth-order valence-electron chi connectivity index (χ4n) is 3.99. The van der Waals surface area contributed by atoms with Crippen molar-refractivity contribution in [3.8, 4) is 11.5 Å². The highest BCUT2D eigenvalue weighted by molar-refractivity contribution is 7.87. The zero-order valence-electron chi connectivity index (χ0n) is 21.3. The van der Waals surface area contributed by atoms with Gasteiger partial charge in [-0.1, -0.05) is 12.1 Å². The van der Waals surface area contributed by atoms with Crippen LogP contribution >= 0.6 is 0 Å². The number of aromatic nitrogens is 2. The second-order valence-electron chi connectivity index (χ2n) is 8.52. The minimum Gasteiger partial charge on any atom is -0.493 e. The molecule has 37 heavy (non-hydrogen) atoms. The van der Waals surface area contributed by atoms with Crippen LogP contribution in [0.3, 0.4) is 0 Å². The minimum absolute atomic E-state index is 0.0414. The number of aryl methyl sites for hydroxylation is 4. The third kappa shape index (κ3) is 5.49. The van der Waals surface area contributed by atoms with E-state index in [-0.39, 0.29) is 22.3 Å². The number of hydrogen-bond donors (Lipinski definition) is 1. The van der Waals surface area contributed by atoms with Crippen molar-refractivity contribution in [1.82, 2.24) is 15.0 Å². The lowest BCUT2D eigenvalue weighted by atomic mass is 10.2. The molecule has 0 saturated carbocycles. The summed E-state index contributed by atoms with van der Waals surface area (Å²) in [5.74, 6) is 0.751. The fourth-order valence-corrected chi connectivity index (χ4v) is 5.25. The predicted octanol–water partition coefficient (Wildman–Crippen LogP) is 4.52. The smallest absolute Gasteiger partial charge is 0.339 e. The number of fused-ring (bicyclic) bond motifs is 1. The highest BCUT2D eigenvalue weighted by Crippen LogP contribution is 2.31. The van der Waals surface area contributed by atoms with Crippen molar-refractivity contribution in [2.75, 3.05) is 7.11 Å². The summed E-state index contributed by atoms with van der Waals surface area (Å²) in [6.07, 6.45) is 1.43. The van der Waals surface area contributed by atoms with Crippen LogP contribution in [0.1, 0.15) is 39.8 Å². The van der Waals surface area contributed by atoms with Crippen molar-refractivity contribution in [2.45, 2.75) is 39.1 Å². The Balaban J connectivity index is 1.48. The molecule has 192 valence electrons. The maximum Gasteiger partial charge on any atom is 0.339 e. The number of amides is 1. The number of ether oxygens (including phenoxy) is 1. The summed E-state index contributed by atoms with van der Waals surface area (Å²) in [6.45, 7) is 8.28. The Kier molecular flexibility index (Phi) is 7.30. The van der Waals surface area contributed by atoms with Gasteiger partial charge >= 0.3 is 10.1 Å². The molecule has 0 atom stereocenters. The van der Waals surface area contributed by atoms with E-state index in [9.17, 15) is 13.2 Å². The summed E-state index contributed by atoms with van der Waals surface area (Å²) in [6, 6.07) is 15.1. The third-order valence-corrected chi connectivity index (χ3v) is 7.27. The molecule has 0 unspecified atom stereocenters. The van der Waals surface area contributed by atoms with Gasteiger partial charge in [-0.25, -0.2) is 10.4 Å². The maximum absolute atomic E-state index is 12.9. The van der Waals surface area contributed by atoms with E-state index < -0.39 is 10.1 Å². The van der Waals surface area contributed by atoms with E-state index in [1.165, 1.54) is 19.4 Å². The van der Waals surface area contributed by atoms with Gasteiger partial charge in [0.05, 0.1) is 24.4 Å². The summed E-state index contributed by atoms with van der Waals surface area (Å²) in [5.41, 5.74) is 6.60. The molecule has 0 aliphatic carbocycles. The topological polar surface area (TPSA) is 112 Å². The monoisotopic (exact) mass is 520 g/mol. The average Bonchev–Trinajstić information content (AvgIpc) is 3.19. The van der Waals surface area contributed by atoms with Crippen LogP contribution < -0.4 is 14.3 Å². The Morgan fingerprint density at radius 3 is 2.57 bits per heavy atom. The Labute approximate surface area is 215 Å². The Bertz CT molecular complexity index is 1620. The van der Waals surface area contributed by atoms with E-state index in [1.54, 1.807) is 43.3 Å². The van der Waals surface area contributed by atoms with Crippen LogP contribution in [0.5, 0.6) is 11.5 Å². The van der Waals surface area contributed by atoms with Gasteiger partial charge < -0.3 is 13.5 Å². The zero-order chi connectivity index (χ0) is 26.7. The van der Waals surface area contributed by atoms with Crippen LogP contribution in [0.4, 0.5) is 0 Å². The van der Waals surface area contributed by atoms with Gasteiger partial charge in [0.1, 0.15) is 10.7 Å². The summed E-state index contributed by atoms with van der Waals surface area (Å²) >= 11 is 0. The summed E-state index contributed by atoms with van der Waals surface area (Å²) in [4.78, 5) is 17.2. The van der Waals surface area contributed by atoms with Gasteiger partial charge in [-0.05, 0) is 86.8 Å². The Morgan fingerprint density at radius 1 is 1.05 bits per heavy atom. The number of imidazole rings is 1. The van der Waals surface area contributed by atoms with E-state index in [2.05, 4.69) is 20.1 Å². The number of methoxy groups -OCH3 is 1. The van der Waals surface area contributed by atoms with Gasteiger partial charge in [0.25, 0.3) is 5.91 Å². The molecule has 0 radical (unpaired) electrons. The molecule has 4 aromatic rings. The molecule has 1 heterocycles. The molecule has 0 aliphatic rings. The highest BCUT2D eigenvalue weighted by atomic mass is 32.2. The second kappa shape index (κ2) is 10.4. The van der Waals surface area contributed by atoms with Crippen LogP contribution in [0, 0.1) is 20.8 Å². The zero-order valence-corrected chi connectivity index (χ0v) is 22.1. The van der Waals surface area contributed by atoms with Crippen LogP contribution in [-0.2, 0) is 16.7 Å². The van der Waals surface area contributed by atoms with Gasteiger partial charge in [0.2, 0.25) is 0 Å². The van der Waals surface area contributed by atoms with E-state index in [4.69, 9.17) is 8.92 Å². The molecule has 0 aliphatic heterocycles. The first-order valence-electron chi connectivity index (χ1n) is 11.6. The molecule has 1 amide bonds. The molecule has 1 aromatic heterocycles. The van der Waals surface area contributed by atoms with E-state index in [0.29, 0.717) is 16.7 Å². The number of nitrogens with zero attached hydrogens (tertiary/aromatic N) is 3. The van der Waals surface area contributed by atoms with E-state index in [0.717, 1.165) is 29.0 Å². The Hall–Kier alpha value is -4.18. The number of nitrogens with one attached hydrogen (secondary N) is 1. The normalized spacial score (nSPS) is 11.7. The fraction of sp³-hybridized carbons (Fsp3) is 0.222. The number of hydrazone groups is 1. The molecule has 0 spiro atoms. The van der Waals surface area contributed by atoms with Crippen molar-refractivity contribution in [3.63, 3.8) is 0 Å². The molecule has 1 N–H and O–H groups in total. The van der Waals surface area contributed by atoms with Gasteiger partial charge in [-0.15, -0.1) is 0 Å². The molecule has 3 aromatic carbocycles. The minimum atomic E-state index is -4.07. The third-order valence-electron chi connectivity index (χ3n) is 5.90. The molecular weight excluding hydrogens is 492 g/mol. The first-order chi connectivity index (χ1) is 17.6. The summed E-state index contributed by atoms with van der Waals surface area (Å²) in [7, 11) is -2.66. The van der Waals surface area contributed by atoms with Gasteiger partial charge in [0.15, 0.2) is 11.5 Å². The van der Waals surface area contributed by atoms with Crippen LogP contribution in [0.2, 0.25) is 0 Å². The van der Waals surface area contributed by atoms with Crippen molar-refractivity contribution in [2.24, 2.45) is 5.10 Å². The van der Waals surface area contributed by atoms with Crippen molar-refractivity contribution >= 4 is 33.3 Å². The lowest BCUT2D eigenvalue weighted by Gasteiger charge is -2.13. The number of hydrogen-bond acceptors (Lipinski definition) is 7. The van der Waals surface area contributed by atoms with Crippen molar-refractivity contribution < 1.29 is 22.1 Å². The molecule has 9 nitrogen and oxygen atoms in total. The molecule has 0 bridgehead atoms. The summed E-state index contributed by atoms with van der Waals surface area (Å²) < 4.78 is 38.5. The second-order valence-corrected chi connectivity index (χ2v) is 10.0. The van der Waals surface area contributed by atoms with Crippen LogP contribution in [-0.4, -0.2) is 37.2 Å². The molecule has 0 fully saturated rings. The van der Waals surface area contributed by atoms with E-state index in [1.807, 2.05) is 32.9 Å². The number of rotatable bonds is 8. The van der Waals surface area contributed by atoms with Gasteiger partial charge in [0, 0.05) is 12.1 Å². The quantitative estimate of drug-likeness (QED) is 0.208. The molecule has 4 rings (SSSR count). The van der Waals surface area contributed by atoms with Crippen LogP contribution in [0.15, 0.2) is 64.6 Å². The number of carbonyl (C=O) groups is 1. The van der Waals surface area contributed by atoms with Gasteiger partial charge in [-0.3, -0.25) is 4.79 Å². The average molecular weight is 521 g/mol. The molecule has 0 saturated heterocycles. The maximum atomic E-state index is 12.9. The lowest BCUT2D eigenvalue weighted by molar-refractivity contribution is 0.0955. The summed E-state index contributed by atoms with van der Waals surface area (Å²) in [5, 5.41) is 4.02. The highest BCUT2D eigenvalue weighted by Gasteiger charge is 2.21. The standard InChI is InChI=1S/C27H28N4O5S/c1-6-31-19(4)29-22-15-21(10-11-23(22)31)27(32)30-28-16-20-9-12-24(25(14-20)35-5)36-37(33,34)26-13-17(2)7-8-18(26)3/h7-16H,6H2,1-5H3,(H,30,32). The molecule has 10 heteroatoms.